The molecule has 0 fully saturated rings. The fourth-order valence-electron chi connectivity index (χ4n) is 0.0696. The number of hydrogen-bond donors (Lipinski definition) is 1. The summed E-state index contributed by atoms with van der Waals surface area (Å²) in [5.41, 5.74) is 0. The molecule has 0 saturated carbocycles. The second-order valence-electron chi connectivity index (χ2n) is 0.549. The van der Waals surface area contributed by atoms with Crippen molar-refractivity contribution < 1.29 is 9.59 Å². The van der Waals surface area contributed by atoms with E-state index in [0.717, 1.165) is 16.8 Å². The Hall–Kier alpha value is 0.620. The molecule has 0 heterocycles. The Morgan fingerprint density at radius 1 is 1.83 bits per heavy atom. The number of hydrogen-bond acceptors (Lipinski definition) is 4. The van der Waals surface area contributed by atoms with Gasteiger partial charge >= 0.3 is 0 Å². The molecule has 0 bridgehead atoms. The fourth-order valence-corrected chi connectivity index (χ4v) is 0.627. The predicted octanol–water partition coefficient (Wildman–Crippen LogP) is 1.79. The highest BCUT2D eigenvalue weighted by atomic mass is 33.1. The second-order valence-corrected chi connectivity index (χ2v) is 2.76. The first-order valence-corrected chi connectivity index (χ1v) is 3.76. The lowest BCUT2D eigenvalue weighted by Gasteiger charge is -1.84. The molecule has 0 aromatic rings. The van der Waals surface area contributed by atoms with E-state index >= 15 is 0 Å². The third-order valence-corrected chi connectivity index (χ3v) is 1.77. The Bertz CT molecular complexity index is 21.5. The highest BCUT2D eigenvalue weighted by molar-refractivity contribution is 8.74. The van der Waals surface area contributed by atoms with E-state index in [0.29, 0.717) is 0 Å². The summed E-state index contributed by atoms with van der Waals surface area (Å²) in [6.07, 6.45) is 0. The summed E-state index contributed by atoms with van der Waals surface area (Å²) in [7, 11) is 1.45. The van der Waals surface area contributed by atoms with Crippen LogP contribution in [0, 0.1) is 0 Å². The standard InChI is InChI=1S/C2H6O2S2/c1-2-5-6-4-3/h3H,2H2,1H3. The smallest absolute Gasteiger partial charge is 0.101 e. The molecule has 0 aromatic heterocycles. The molecule has 0 aliphatic rings. The molecule has 0 unspecified atom stereocenters. The van der Waals surface area contributed by atoms with Crippen molar-refractivity contribution in [2.75, 3.05) is 5.75 Å². The third-order valence-electron chi connectivity index (χ3n) is 0.196. The van der Waals surface area contributed by atoms with Gasteiger partial charge in [-0.1, -0.05) is 17.7 Å². The van der Waals surface area contributed by atoms with E-state index in [1.165, 1.54) is 10.8 Å². The monoisotopic (exact) mass is 126 g/mol. The van der Waals surface area contributed by atoms with Crippen molar-refractivity contribution in [2.45, 2.75) is 6.92 Å². The van der Waals surface area contributed by atoms with Crippen molar-refractivity contribution in [3.63, 3.8) is 0 Å². The van der Waals surface area contributed by atoms with Crippen molar-refractivity contribution in [2.24, 2.45) is 0 Å². The van der Waals surface area contributed by atoms with Crippen molar-refractivity contribution in [1.29, 1.82) is 0 Å². The van der Waals surface area contributed by atoms with Crippen LogP contribution in [-0.2, 0) is 4.33 Å². The fraction of sp³-hybridized carbons (Fsp3) is 1.00. The maximum Gasteiger partial charge on any atom is 0.101 e. The Kier molecular flexibility index (Phi) is 6.20. The quantitative estimate of drug-likeness (QED) is 0.205. The van der Waals surface area contributed by atoms with E-state index in [-0.39, 0.29) is 0 Å². The summed E-state index contributed by atoms with van der Waals surface area (Å²) in [6.45, 7) is 1.98. The summed E-state index contributed by atoms with van der Waals surface area (Å²) in [5, 5.41) is 7.64. The van der Waals surface area contributed by atoms with Crippen molar-refractivity contribution in [1.82, 2.24) is 0 Å². The van der Waals surface area contributed by atoms with Gasteiger partial charge in [0.15, 0.2) is 0 Å². The van der Waals surface area contributed by atoms with Gasteiger partial charge in [0.2, 0.25) is 0 Å². The Morgan fingerprint density at radius 2 is 2.50 bits per heavy atom. The summed E-state index contributed by atoms with van der Waals surface area (Å²) in [4.78, 5) is 0. The van der Waals surface area contributed by atoms with Crippen LogP contribution >= 0.6 is 21.9 Å². The molecular formula is C2H6O2S2. The molecule has 38 valence electrons. The average molecular weight is 126 g/mol. The first kappa shape index (κ1) is 6.62. The molecule has 0 aromatic carbocycles. The van der Waals surface area contributed by atoms with Crippen LogP contribution in [0.5, 0.6) is 0 Å². The summed E-state index contributed by atoms with van der Waals surface area (Å²) in [5.74, 6) is 0.950. The summed E-state index contributed by atoms with van der Waals surface area (Å²) >= 11 is 0.980. The SMILES string of the molecule is CCSSOO. The predicted molar refractivity (Wildman–Crippen MR) is 29.4 cm³/mol. The maximum absolute atomic E-state index is 7.64. The van der Waals surface area contributed by atoms with Crippen molar-refractivity contribution in [3.8, 4) is 0 Å². The van der Waals surface area contributed by atoms with E-state index in [1.807, 2.05) is 6.92 Å². The minimum Gasteiger partial charge on any atom is -0.239 e. The first-order chi connectivity index (χ1) is 2.91. The lowest BCUT2D eigenvalue weighted by Crippen LogP contribution is -1.60. The summed E-state index contributed by atoms with van der Waals surface area (Å²) in [6, 6.07) is 0. The first-order valence-electron chi connectivity index (χ1n) is 1.51. The van der Waals surface area contributed by atoms with E-state index in [2.05, 4.69) is 4.33 Å². The van der Waals surface area contributed by atoms with Crippen LogP contribution in [0.4, 0.5) is 0 Å². The second kappa shape index (κ2) is 5.62. The zero-order valence-corrected chi connectivity index (χ0v) is 5.01. The molecule has 1 N–H and O–H groups in total. The van der Waals surface area contributed by atoms with E-state index in [1.54, 1.807) is 0 Å². The van der Waals surface area contributed by atoms with Gasteiger partial charge in [0.05, 0.1) is 0 Å². The zero-order valence-electron chi connectivity index (χ0n) is 3.38. The van der Waals surface area contributed by atoms with Crippen LogP contribution in [0.3, 0.4) is 0 Å². The van der Waals surface area contributed by atoms with Crippen LogP contribution in [0.1, 0.15) is 6.92 Å². The average Bonchev–Trinajstić information content (AvgIpc) is 1.61. The lowest BCUT2D eigenvalue weighted by molar-refractivity contribution is -0.114. The van der Waals surface area contributed by atoms with Crippen LogP contribution in [0.15, 0.2) is 0 Å². The Morgan fingerprint density at radius 3 is 2.67 bits per heavy atom. The molecule has 0 radical (unpaired) electrons. The van der Waals surface area contributed by atoms with Gasteiger partial charge in [-0.3, -0.25) is 0 Å². The molecule has 6 heavy (non-hydrogen) atoms. The van der Waals surface area contributed by atoms with Crippen molar-refractivity contribution in [3.05, 3.63) is 0 Å². The van der Waals surface area contributed by atoms with E-state index in [4.69, 9.17) is 5.26 Å². The van der Waals surface area contributed by atoms with Gasteiger partial charge in [-0.15, -0.1) is 0 Å². The van der Waals surface area contributed by atoms with Crippen LogP contribution < -0.4 is 0 Å². The normalized spacial score (nSPS) is 9.00. The van der Waals surface area contributed by atoms with Crippen LogP contribution in [0.25, 0.3) is 0 Å². The largest absolute Gasteiger partial charge is 0.239 e. The molecule has 0 saturated heterocycles. The summed E-state index contributed by atoms with van der Waals surface area (Å²) < 4.78 is 3.66. The molecule has 0 aliphatic carbocycles. The highest BCUT2D eigenvalue weighted by Crippen LogP contribution is 2.18. The van der Waals surface area contributed by atoms with Crippen LogP contribution in [0.2, 0.25) is 0 Å². The topological polar surface area (TPSA) is 29.5 Å². The Balaban J connectivity index is 2.34. The van der Waals surface area contributed by atoms with E-state index in [9.17, 15) is 0 Å². The van der Waals surface area contributed by atoms with E-state index < -0.39 is 0 Å². The molecule has 0 spiro atoms. The van der Waals surface area contributed by atoms with Gasteiger partial charge in [0.1, 0.15) is 11.1 Å². The molecular weight excluding hydrogens is 120 g/mol. The molecule has 2 nitrogen and oxygen atoms in total. The van der Waals surface area contributed by atoms with Gasteiger partial charge < -0.3 is 0 Å². The lowest BCUT2D eigenvalue weighted by atomic mass is 11.0. The minimum absolute atomic E-state index is 0.950. The molecule has 0 aliphatic heterocycles. The zero-order chi connectivity index (χ0) is 4.83. The van der Waals surface area contributed by atoms with Gasteiger partial charge in [0.25, 0.3) is 0 Å². The number of rotatable bonds is 3. The molecule has 0 atom stereocenters. The van der Waals surface area contributed by atoms with Gasteiger partial charge in [-0.25, -0.2) is 5.26 Å². The Labute approximate surface area is 44.8 Å². The van der Waals surface area contributed by atoms with Crippen LogP contribution in [-0.4, -0.2) is 11.0 Å². The van der Waals surface area contributed by atoms with Gasteiger partial charge in [-0.2, -0.15) is 4.33 Å². The molecule has 4 heteroatoms. The highest BCUT2D eigenvalue weighted by Gasteiger charge is 1.78. The maximum atomic E-state index is 7.64. The third kappa shape index (κ3) is 4.62. The molecule has 0 amide bonds. The van der Waals surface area contributed by atoms with Crippen molar-refractivity contribution >= 4 is 21.9 Å². The molecule has 0 rings (SSSR count). The van der Waals surface area contributed by atoms with Gasteiger partial charge in [-0.05, 0) is 0 Å². The van der Waals surface area contributed by atoms with Gasteiger partial charge in [0, 0.05) is 5.75 Å². The minimum atomic E-state index is 0.950.